The van der Waals surface area contributed by atoms with Crippen LogP contribution in [0.25, 0.3) is 0 Å². The molecule has 4 N–H and O–H groups in total. The van der Waals surface area contributed by atoms with Crippen LogP contribution in [0.3, 0.4) is 0 Å². The third-order valence-corrected chi connectivity index (χ3v) is 6.27. The van der Waals surface area contributed by atoms with Gasteiger partial charge in [0, 0.05) is 13.1 Å². The van der Waals surface area contributed by atoms with E-state index in [1.165, 1.54) is 4.68 Å². The molecule has 1 unspecified atom stereocenters. The van der Waals surface area contributed by atoms with Crippen LogP contribution >= 0.6 is 0 Å². The van der Waals surface area contributed by atoms with Gasteiger partial charge < -0.3 is 30.7 Å². The molecular formula is C28H40N8O7. The Kier molecular flexibility index (Phi) is 11.3. The molecule has 1 aromatic heterocycles. The molecule has 234 valence electrons. The summed E-state index contributed by atoms with van der Waals surface area (Å²) in [5.41, 5.74) is -1.15. The molecule has 3 rings (SSSR count). The van der Waals surface area contributed by atoms with Crippen LogP contribution in [-0.2, 0) is 41.8 Å². The fraction of sp³-hybridized carbons (Fsp3) is 0.571. The topological polar surface area (TPSA) is 196 Å². The fourth-order valence-electron chi connectivity index (χ4n) is 4.11. The lowest BCUT2D eigenvalue weighted by atomic mass is 10.0. The van der Waals surface area contributed by atoms with Crippen molar-refractivity contribution in [2.45, 2.75) is 90.3 Å². The highest BCUT2D eigenvalue weighted by Crippen LogP contribution is 2.16. The number of amides is 4. The zero-order valence-corrected chi connectivity index (χ0v) is 25.1. The number of aromatic nitrogens is 4. The third kappa shape index (κ3) is 10.7. The molecule has 1 aliphatic heterocycles. The van der Waals surface area contributed by atoms with Crippen LogP contribution in [0, 0.1) is 0 Å². The second-order valence-corrected chi connectivity index (χ2v) is 11.7. The lowest BCUT2D eigenvalue weighted by Crippen LogP contribution is -2.56. The smallest absolute Gasteiger partial charge is 0.408 e. The first-order valence-corrected chi connectivity index (χ1v) is 14.0. The molecule has 0 radical (unpaired) electrons. The number of nitrogens with zero attached hydrogens (tertiary/aromatic N) is 4. The van der Waals surface area contributed by atoms with Gasteiger partial charge in [-0.05, 0) is 57.0 Å². The Hall–Kier alpha value is -4.40. The lowest BCUT2D eigenvalue weighted by Gasteiger charge is -2.29. The normalized spacial score (nSPS) is 15.9. The predicted molar refractivity (Wildman–Crippen MR) is 152 cm³/mol. The highest BCUT2D eigenvalue weighted by atomic mass is 16.6. The van der Waals surface area contributed by atoms with Gasteiger partial charge in [-0.1, -0.05) is 30.3 Å². The Morgan fingerprint density at radius 1 is 1.12 bits per heavy atom. The highest BCUT2D eigenvalue weighted by Gasteiger charge is 2.35. The van der Waals surface area contributed by atoms with E-state index in [-0.39, 0.29) is 50.2 Å². The summed E-state index contributed by atoms with van der Waals surface area (Å²) in [6.07, 6.45) is -0.635. The second kappa shape index (κ2) is 14.7. The van der Waals surface area contributed by atoms with E-state index in [2.05, 4.69) is 36.8 Å². The summed E-state index contributed by atoms with van der Waals surface area (Å²) in [6.45, 7) is 9.14. The Balaban J connectivity index is 1.62. The van der Waals surface area contributed by atoms with Crippen LogP contribution in [0.4, 0.5) is 4.79 Å². The number of carbonyl (C=O) groups excluding carboxylic acids is 5. The van der Waals surface area contributed by atoms with E-state index in [4.69, 9.17) is 9.47 Å². The molecule has 15 nitrogen and oxygen atoms in total. The van der Waals surface area contributed by atoms with Gasteiger partial charge >= 0.3 is 6.09 Å². The minimum atomic E-state index is -1.34. The number of nitrogens with one attached hydrogen (secondary N) is 4. The second-order valence-electron chi connectivity index (χ2n) is 11.7. The number of hydrogen-bond donors (Lipinski definition) is 4. The van der Waals surface area contributed by atoms with Crippen molar-refractivity contribution in [3.05, 3.63) is 41.7 Å². The molecule has 2 heterocycles. The maximum absolute atomic E-state index is 13.3. The van der Waals surface area contributed by atoms with E-state index in [9.17, 15) is 24.0 Å². The summed E-state index contributed by atoms with van der Waals surface area (Å²) in [5, 5.41) is 22.6. The summed E-state index contributed by atoms with van der Waals surface area (Å²) < 4.78 is 12.7. The van der Waals surface area contributed by atoms with E-state index in [0.717, 1.165) is 5.56 Å². The number of carbonyl (C=O) groups is 5. The minimum absolute atomic E-state index is 0.0292. The summed E-state index contributed by atoms with van der Waals surface area (Å²) in [4.78, 5) is 61.0. The van der Waals surface area contributed by atoms with Crippen molar-refractivity contribution in [1.29, 1.82) is 0 Å². The third-order valence-electron chi connectivity index (χ3n) is 6.27. The number of aryl methyl sites for hydroxylation is 1. The maximum atomic E-state index is 13.3. The van der Waals surface area contributed by atoms with Crippen LogP contribution in [0.1, 0.15) is 71.3 Å². The van der Waals surface area contributed by atoms with Crippen LogP contribution in [0.5, 0.6) is 0 Å². The van der Waals surface area contributed by atoms with E-state index < -0.39 is 35.2 Å². The number of ether oxygens (including phenoxy) is 2. The van der Waals surface area contributed by atoms with Crippen molar-refractivity contribution >= 4 is 29.6 Å². The molecule has 1 fully saturated rings. The van der Waals surface area contributed by atoms with E-state index >= 15 is 0 Å². The van der Waals surface area contributed by atoms with Crippen molar-refractivity contribution in [1.82, 2.24) is 41.5 Å². The van der Waals surface area contributed by atoms with Crippen molar-refractivity contribution in [2.24, 2.45) is 0 Å². The zero-order chi connectivity index (χ0) is 31.6. The fourth-order valence-corrected chi connectivity index (χ4v) is 4.11. The number of benzene rings is 1. The van der Waals surface area contributed by atoms with Gasteiger partial charge in [0.05, 0.1) is 32.1 Å². The van der Waals surface area contributed by atoms with Crippen LogP contribution < -0.4 is 21.3 Å². The van der Waals surface area contributed by atoms with Gasteiger partial charge in [-0.25, -0.2) is 9.48 Å². The molecular weight excluding hydrogens is 560 g/mol. The van der Waals surface area contributed by atoms with E-state index in [0.29, 0.717) is 18.8 Å². The monoisotopic (exact) mass is 600 g/mol. The molecule has 0 saturated carbocycles. The molecule has 15 heteroatoms. The van der Waals surface area contributed by atoms with Crippen molar-refractivity contribution in [2.75, 3.05) is 13.2 Å². The van der Waals surface area contributed by atoms with Gasteiger partial charge in [0.1, 0.15) is 17.2 Å². The molecule has 2 aromatic rings. The molecule has 1 saturated heterocycles. The zero-order valence-electron chi connectivity index (χ0n) is 25.1. The summed E-state index contributed by atoms with van der Waals surface area (Å²) in [7, 11) is 0. The quantitative estimate of drug-likeness (QED) is 0.177. The van der Waals surface area contributed by atoms with E-state index in [1.807, 2.05) is 30.3 Å². The molecule has 0 spiro atoms. The van der Waals surface area contributed by atoms with Crippen LogP contribution in [-0.4, -0.2) is 80.1 Å². The van der Waals surface area contributed by atoms with Crippen molar-refractivity contribution in [3.8, 4) is 0 Å². The van der Waals surface area contributed by atoms with Gasteiger partial charge in [0.2, 0.25) is 17.7 Å². The van der Waals surface area contributed by atoms with Crippen molar-refractivity contribution < 1.29 is 33.4 Å². The van der Waals surface area contributed by atoms with E-state index in [1.54, 1.807) is 34.6 Å². The Morgan fingerprint density at radius 3 is 2.49 bits per heavy atom. The molecule has 43 heavy (non-hydrogen) atoms. The van der Waals surface area contributed by atoms with Crippen LogP contribution in [0.15, 0.2) is 30.3 Å². The van der Waals surface area contributed by atoms with Gasteiger partial charge in [-0.2, -0.15) is 0 Å². The van der Waals surface area contributed by atoms with Gasteiger partial charge in [-0.3, -0.25) is 19.2 Å². The van der Waals surface area contributed by atoms with Crippen LogP contribution in [0.2, 0.25) is 0 Å². The van der Waals surface area contributed by atoms with Gasteiger partial charge in [0.15, 0.2) is 11.6 Å². The molecule has 1 aromatic carbocycles. The summed E-state index contributed by atoms with van der Waals surface area (Å²) in [6, 6.07) is 7.93. The molecule has 2 atom stereocenters. The largest absolute Gasteiger partial charge is 0.444 e. The first-order chi connectivity index (χ1) is 20.2. The minimum Gasteiger partial charge on any atom is -0.444 e. The average molecular weight is 601 g/mol. The number of tetrazole rings is 1. The number of ketones is 1. The van der Waals surface area contributed by atoms with Gasteiger partial charge in [0.25, 0.3) is 0 Å². The first kappa shape index (κ1) is 33.1. The Bertz CT molecular complexity index is 1290. The SMILES string of the molecule is CC(C)(C)OC(=O)NC(C)(C)C(=O)N[C@H](COCc1ccccc1)c1nnnn1CCCNC(=O)CC1NC(=O)CC1=O. The van der Waals surface area contributed by atoms with Gasteiger partial charge in [-0.15, -0.1) is 5.10 Å². The molecule has 0 bridgehead atoms. The number of hydrogen-bond acceptors (Lipinski definition) is 10. The molecule has 1 aliphatic rings. The predicted octanol–water partition coefficient (Wildman–Crippen LogP) is 0.705. The molecule has 4 amide bonds. The average Bonchev–Trinajstić information content (AvgIpc) is 3.50. The number of Topliss-reactive ketones (excluding diaryl/α,β-unsaturated/α-hetero) is 1. The summed E-state index contributed by atoms with van der Waals surface area (Å²) in [5.74, 6) is -1.24. The number of rotatable bonds is 14. The Morgan fingerprint density at radius 2 is 1.84 bits per heavy atom. The Labute approximate surface area is 249 Å². The lowest BCUT2D eigenvalue weighted by molar-refractivity contribution is -0.128. The first-order valence-electron chi connectivity index (χ1n) is 14.0. The summed E-state index contributed by atoms with van der Waals surface area (Å²) >= 11 is 0. The van der Waals surface area contributed by atoms with Crippen molar-refractivity contribution in [3.63, 3.8) is 0 Å². The molecule has 0 aliphatic carbocycles. The highest BCUT2D eigenvalue weighted by molar-refractivity contribution is 6.08. The standard InChI is InChI=1S/C28H40N8O7/c1-27(2,3)43-26(41)32-28(4,5)25(40)31-20(17-42-16-18-10-7-6-8-11-18)24-33-34-35-36(24)13-9-12-29-22(38)14-19-21(37)15-23(39)30-19/h6-8,10-11,19-20H,9,12-17H2,1-5H3,(H,29,38)(H,30,39)(H,31,40)(H,32,41)/t19?,20-/m1/s1. The maximum Gasteiger partial charge on any atom is 0.408 e. The number of alkyl carbamates (subject to hydrolysis) is 1.